The molecule has 0 bridgehead atoms. The van der Waals surface area contributed by atoms with Gasteiger partial charge in [0, 0.05) is 36.8 Å². The topological polar surface area (TPSA) is 67.4 Å². The lowest BCUT2D eigenvalue weighted by molar-refractivity contribution is 0.0342. The van der Waals surface area contributed by atoms with Gasteiger partial charge in [-0.25, -0.2) is 0 Å². The van der Waals surface area contributed by atoms with Gasteiger partial charge in [0.05, 0.1) is 44.0 Å². The van der Waals surface area contributed by atoms with Gasteiger partial charge < -0.3 is 19.5 Å². The Hall–Kier alpha value is -2.84. The average Bonchev–Trinajstić information content (AvgIpc) is 3.28. The van der Waals surface area contributed by atoms with Crippen molar-refractivity contribution in [3.63, 3.8) is 0 Å². The van der Waals surface area contributed by atoms with E-state index in [4.69, 9.17) is 30.8 Å². The number of rotatable bonds is 12. The minimum Gasteiger partial charge on any atom is -0.495 e. The Morgan fingerprint density at radius 2 is 1.97 bits per heavy atom. The van der Waals surface area contributed by atoms with Gasteiger partial charge in [-0.2, -0.15) is 0 Å². The molecular weight excluding hydrogens is 500 g/mol. The number of ether oxygens (including phenoxy) is 3. The SMILES string of the molecule is C=C(Nc1ccc(CN2CCOCC2)cc1OC)C1=NC(NCc2cc(Cl)ccc2OCC(C)C)C(C)=C1. The number of nitrogens with one attached hydrogen (secondary N) is 2. The van der Waals surface area contributed by atoms with Crippen LogP contribution in [0.25, 0.3) is 0 Å². The molecule has 0 radical (unpaired) electrons. The molecule has 4 rings (SSSR count). The van der Waals surface area contributed by atoms with E-state index >= 15 is 0 Å². The van der Waals surface area contributed by atoms with Gasteiger partial charge in [0.1, 0.15) is 17.7 Å². The van der Waals surface area contributed by atoms with E-state index in [9.17, 15) is 0 Å². The second-order valence-electron chi connectivity index (χ2n) is 10.2. The summed E-state index contributed by atoms with van der Waals surface area (Å²) in [5, 5.41) is 7.60. The average molecular weight is 539 g/mol. The van der Waals surface area contributed by atoms with Gasteiger partial charge in [-0.3, -0.25) is 15.2 Å². The van der Waals surface area contributed by atoms with Crippen LogP contribution in [0.15, 0.2) is 65.3 Å². The van der Waals surface area contributed by atoms with Gasteiger partial charge in [0.2, 0.25) is 0 Å². The Morgan fingerprint density at radius 3 is 2.71 bits per heavy atom. The van der Waals surface area contributed by atoms with Crippen molar-refractivity contribution >= 4 is 23.0 Å². The molecule has 2 aromatic carbocycles. The molecular formula is C30H39ClN4O3. The molecule has 38 heavy (non-hydrogen) atoms. The van der Waals surface area contributed by atoms with Crippen LogP contribution in [-0.4, -0.2) is 56.8 Å². The highest BCUT2D eigenvalue weighted by molar-refractivity contribution is 6.30. The van der Waals surface area contributed by atoms with Crippen LogP contribution in [0.5, 0.6) is 11.5 Å². The van der Waals surface area contributed by atoms with E-state index in [2.05, 4.69) is 61.1 Å². The van der Waals surface area contributed by atoms with Crippen LogP contribution in [0.1, 0.15) is 31.9 Å². The zero-order chi connectivity index (χ0) is 27.1. The number of hydrogen-bond donors (Lipinski definition) is 2. The molecule has 0 amide bonds. The maximum Gasteiger partial charge on any atom is 0.142 e. The Balaban J connectivity index is 1.38. The quantitative estimate of drug-likeness (QED) is 0.363. The molecule has 1 fully saturated rings. The van der Waals surface area contributed by atoms with E-state index in [1.54, 1.807) is 7.11 Å². The summed E-state index contributed by atoms with van der Waals surface area (Å²) < 4.78 is 17.1. The molecule has 0 saturated carbocycles. The second kappa shape index (κ2) is 13.3. The number of methoxy groups -OCH3 is 1. The first kappa shape index (κ1) is 28.2. The summed E-state index contributed by atoms with van der Waals surface area (Å²) in [6.07, 6.45) is 1.90. The summed E-state index contributed by atoms with van der Waals surface area (Å²) >= 11 is 6.27. The molecule has 1 atom stereocenters. The van der Waals surface area contributed by atoms with Crippen molar-refractivity contribution in [1.29, 1.82) is 0 Å². The van der Waals surface area contributed by atoms with Gasteiger partial charge in [0.15, 0.2) is 0 Å². The van der Waals surface area contributed by atoms with Crippen LogP contribution in [0.2, 0.25) is 5.02 Å². The molecule has 7 nitrogen and oxygen atoms in total. The van der Waals surface area contributed by atoms with Crippen molar-refractivity contribution in [3.8, 4) is 11.5 Å². The highest BCUT2D eigenvalue weighted by Crippen LogP contribution is 2.29. The number of aliphatic imine (C=N–C) groups is 1. The predicted octanol–water partition coefficient (Wildman–Crippen LogP) is 5.66. The van der Waals surface area contributed by atoms with Gasteiger partial charge >= 0.3 is 0 Å². The zero-order valence-electron chi connectivity index (χ0n) is 22.9. The predicted molar refractivity (Wildman–Crippen MR) is 155 cm³/mol. The molecule has 0 aromatic heterocycles. The van der Waals surface area contributed by atoms with Crippen LogP contribution in [0.4, 0.5) is 5.69 Å². The van der Waals surface area contributed by atoms with Crippen LogP contribution in [0.3, 0.4) is 0 Å². The Labute approximate surface area is 231 Å². The number of morpholine rings is 1. The zero-order valence-corrected chi connectivity index (χ0v) is 23.6. The van der Waals surface area contributed by atoms with Crippen molar-refractivity contribution in [2.45, 2.75) is 40.0 Å². The van der Waals surface area contributed by atoms with E-state index in [-0.39, 0.29) is 6.17 Å². The fourth-order valence-electron chi connectivity index (χ4n) is 4.42. The first-order chi connectivity index (χ1) is 18.3. The molecule has 2 aliphatic heterocycles. The van der Waals surface area contributed by atoms with E-state index in [0.29, 0.717) is 24.1 Å². The maximum absolute atomic E-state index is 6.27. The molecule has 204 valence electrons. The van der Waals surface area contributed by atoms with Gasteiger partial charge in [-0.05, 0) is 60.4 Å². The van der Waals surface area contributed by atoms with Gasteiger partial charge in [0.25, 0.3) is 0 Å². The monoisotopic (exact) mass is 538 g/mol. The lowest BCUT2D eigenvalue weighted by Crippen LogP contribution is -2.35. The molecule has 0 spiro atoms. The molecule has 1 saturated heterocycles. The van der Waals surface area contributed by atoms with Crippen LogP contribution >= 0.6 is 11.6 Å². The van der Waals surface area contributed by atoms with Crippen molar-refractivity contribution in [1.82, 2.24) is 10.2 Å². The lowest BCUT2D eigenvalue weighted by Gasteiger charge is -2.26. The standard InChI is InChI=1S/C30H39ClN4O3/c1-20(2)19-38-28-9-7-25(31)16-24(28)17-32-30-21(3)14-27(34-30)22(4)33-26-8-6-23(15-29(26)36-5)18-35-10-12-37-13-11-35/h6-9,14-16,20,30,32-33H,4,10-13,17-19H2,1-3,5H3. The maximum atomic E-state index is 6.27. The van der Waals surface area contributed by atoms with Gasteiger partial charge in [-0.1, -0.05) is 38.1 Å². The smallest absolute Gasteiger partial charge is 0.142 e. The third kappa shape index (κ3) is 7.60. The normalized spacial score (nSPS) is 17.8. The summed E-state index contributed by atoms with van der Waals surface area (Å²) in [4.78, 5) is 7.26. The largest absolute Gasteiger partial charge is 0.495 e. The van der Waals surface area contributed by atoms with Crippen LogP contribution < -0.4 is 20.1 Å². The Bertz CT molecular complexity index is 1190. The van der Waals surface area contributed by atoms with Crippen LogP contribution in [0, 0.1) is 5.92 Å². The summed E-state index contributed by atoms with van der Waals surface area (Å²) in [7, 11) is 1.69. The number of halogens is 1. The Kier molecular flexibility index (Phi) is 9.86. The summed E-state index contributed by atoms with van der Waals surface area (Å²) in [5.74, 6) is 2.06. The van der Waals surface area contributed by atoms with Crippen molar-refractivity contribution < 1.29 is 14.2 Å². The van der Waals surface area contributed by atoms with E-state index < -0.39 is 0 Å². The molecule has 2 aromatic rings. The minimum absolute atomic E-state index is 0.154. The molecule has 0 aliphatic carbocycles. The first-order valence-corrected chi connectivity index (χ1v) is 13.5. The summed E-state index contributed by atoms with van der Waals surface area (Å²) in [6, 6.07) is 12.0. The molecule has 2 aliphatic rings. The first-order valence-electron chi connectivity index (χ1n) is 13.2. The number of allylic oxidation sites excluding steroid dienone is 1. The molecule has 2 heterocycles. The number of nitrogens with zero attached hydrogens (tertiary/aromatic N) is 2. The lowest BCUT2D eigenvalue weighted by atomic mass is 10.1. The highest BCUT2D eigenvalue weighted by atomic mass is 35.5. The summed E-state index contributed by atoms with van der Waals surface area (Å²) in [6.45, 7) is 16.2. The van der Waals surface area contributed by atoms with Gasteiger partial charge in [-0.15, -0.1) is 0 Å². The molecule has 1 unspecified atom stereocenters. The third-order valence-electron chi connectivity index (χ3n) is 6.52. The number of benzene rings is 2. The van der Waals surface area contributed by atoms with Crippen molar-refractivity contribution in [2.75, 3.05) is 45.3 Å². The molecule has 2 N–H and O–H groups in total. The van der Waals surface area contributed by atoms with Crippen LogP contribution in [-0.2, 0) is 17.8 Å². The number of anilines is 1. The van der Waals surface area contributed by atoms with E-state index in [1.807, 2.05) is 24.3 Å². The highest BCUT2D eigenvalue weighted by Gasteiger charge is 2.20. The van der Waals surface area contributed by atoms with Crippen molar-refractivity contribution in [2.24, 2.45) is 10.9 Å². The second-order valence-corrected chi connectivity index (χ2v) is 10.6. The third-order valence-corrected chi connectivity index (χ3v) is 6.75. The fraction of sp³-hybridized carbons (Fsp3) is 0.433. The summed E-state index contributed by atoms with van der Waals surface area (Å²) in [5.41, 5.74) is 5.71. The fourth-order valence-corrected chi connectivity index (χ4v) is 4.61. The van der Waals surface area contributed by atoms with E-state index in [0.717, 1.165) is 72.6 Å². The van der Waals surface area contributed by atoms with Crippen molar-refractivity contribution in [3.05, 3.63) is 76.5 Å². The minimum atomic E-state index is -0.154. The molecule has 8 heteroatoms. The number of hydrogen-bond acceptors (Lipinski definition) is 7. The Morgan fingerprint density at radius 1 is 1.18 bits per heavy atom. The van der Waals surface area contributed by atoms with E-state index in [1.165, 1.54) is 5.56 Å².